The lowest BCUT2D eigenvalue weighted by Crippen LogP contribution is -2.40. The molecule has 0 radical (unpaired) electrons. The van der Waals surface area contributed by atoms with E-state index in [9.17, 15) is 4.79 Å². The molecule has 0 N–H and O–H groups in total. The molecule has 0 aromatic heterocycles. The van der Waals surface area contributed by atoms with Gasteiger partial charge in [-0.15, -0.1) is 0 Å². The van der Waals surface area contributed by atoms with Crippen LogP contribution in [0.3, 0.4) is 0 Å². The number of amides is 1. The van der Waals surface area contributed by atoms with Crippen LogP contribution in [0.5, 0.6) is 0 Å². The normalized spacial score (nSPS) is 20.9. The van der Waals surface area contributed by atoms with Crippen molar-refractivity contribution < 1.29 is 9.53 Å². The van der Waals surface area contributed by atoms with Crippen LogP contribution in [0.2, 0.25) is 0 Å². The van der Waals surface area contributed by atoms with E-state index in [0.717, 1.165) is 5.56 Å². The summed E-state index contributed by atoms with van der Waals surface area (Å²) in [4.78, 5) is 14.2. The van der Waals surface area contributed by atoms with Crippen molar-refractivity contribution >= 4 is 5.91 Å². The van der Waals surface area contributed by atoms with Crippen molar-refractivity contribution in [2.24, 2.45) is 0 Å². The summed E-state index contributed by atoms with van der Waals surface area (Å²) in [7, 11) is 0. The Kier molecular flexibility index (Phi) is 4.36. The van der Waals surface area contributed by atoms with Crippen molar-refractivity contribution in [1.82, 2.24) is 4.90 Å². The van der Waals surface area contributed by atoms with Gasteiger partial charge in [-0.25, -0.2) is 0 Å². The molecule has 1 heterocycles. The van der Waals surface area contributed by atoms with Gasteiger partial charge in [0.1, 0.15) is 0 Å². The number of hydrogen-bond donors (Lipinski definition) is 0. The predicted molar refractivity (Wildman–Crippen MR) is 79.0 cm³/mol. The van der Waals surface area contributed by atoms with Gasteiger partial charge in [0.2, 0.25) is 0 Å². The first kappa shape index (κ1) is 13.6. The van der Waals surface area contributed by atoms with E-state index >= 15 is 0 Å². The van der Waals surface area contributed by atoms with Gasteiger partial charge in [-0.1, -0.05) is 31.4 Å². The smallest absolute Gasteiger partial charge is 0.254 e. The minimum Gasteiger partial charge on any atom is -0.378 e. The molecule has 0 spiro atoms. The molecule has 1 aliphatic heterocycles. The van der Waals surface area contributed by atoms with Crippen molar-refractivity contribution in [2.75, 3.05) is 26.3 Å². The Morgan fingerprint density at radius 2 is 1.65 bits per heavy atom. The lowest BCUT2D eigenvalue weighted by atomic mass is 9.84. The molecule has 3 rings (SSSR count). The third-order valence-corrected chi connectivity index (χ3v) is 4.53. The maximum Gasteiger partial charge on any atom is 0.254 e. The molecule has 108 valence electrons. The fraction of sp³-hybridized carbons (Fsp3) is 0.588. The molecule has 3 nitrogen and oxygen atoms in total. The van der Waals surface area contributed by atoms with Gasteiger partial charge in [0.15, 0.2) is 0 Å². The monoisotopic (exact) mass is 273 g/mol. The maximum absolute atomic E-state index is 12.4. The maximum atomic E-state index is 12.4. The zero-order valence-corrected chi connectivity index (χ0v) is 12.0. The standard InChI is InChI=1S/C17H23NO2/c19-17(18-10-12-20-13-11-18)16-8-6-15(7-9-16)14-4-2-1-3-5-14/h6-9,14H,1-5,10-13H2. The second kappa shape index (κ2) is 6.40. The van der Waals surface area contributed by atoms with E-state index in [0.29, 0.717) is 32.2 Å². The predicted octanol–water partition coefficient (Wildman–Crippen LogP) is 3.21. The molecular formula is C17H23NO2. The molecule has 3 heteroatoms. The van der Waals surface area contributed by atoms with Crippen molar-refractivity contribution in [3.63, 3.8) is 0 Å². The molecule has 1 amide bonds. The SMILES string of the molecule is O=C(c1ccc(C2CCCCC2)cc1)N1CCOCC1. The van der Waals surface area contributed by atoms with Gasteiger partial charge in [0, 0.05) is 18.7 Å². The Balaban J connectivity index is 1.67. The van der Waals surface area contributed by atoms with Gasteiger partial charge in [0.25, 0.3) is 5.91 Å². The van der Waals surface area contributed by atoms with Crippen LogP contribution in [0.4, 0.5) is 0 Å². The largest absolute Gasteiger partial charge is 0.378 e. The Labute approximate surface area is 120 Å². The van der Waals surface area contributed by atoms with E-state index in [1.807, 2.05) is 17.0 Å². The summed E-state index contributed by atoms with van der Waals surface area (Å²) in [5.74, 6) is 0.847. The first-order valence-corrected chi connectivity index (χ1v) is 7.81. The minimum atomic E-state index is 0.142. The summed E-state index contributed by atoms with van der Waals surface area (Å²) >= 11 is 0. The van der Waals surface area contributed by atoms with Gasteiger partial charge in [0.05, 0.1) is 13.2 Å². The molecular weight excluding hydrogens is 250 g/mol. The lowest BCUT2D eigenvalue weighted by Gasteiger charge is -2.27. The van der Waals surface area contributed by atoms with Gasteiger partial charge >= 0.3 is 0 Å². The molecule has 2 aliphatic rings. The van der Waals surface area contributed by atoms with Crippen LogP contribution in [0.15, 0.2) is 24.3 Å². The number of hydrogen-bond acceptors (Lipinski definition) is 2. The highest BCUT2D eigenvalue weighted by Crippen LogP contribution is 2.32. The highest BCUT2D eigenvalue weighted by molar-refractivity contribution is 5.94. The number of carbonyl (C=O) groups excluding carboxylic acids is 1. The zero-order chi connectivity index (χ0) is 13.8. The summed E-state index contributed by atoms with van der Waals surface area (Å²) in [6.45, 7) is 2.74. The van der Waals surface area contributed by atoms with E-state index < -0.39 is 0 Å². The average molecular weight is 273 g/mol. The van der Waals surface area contributed by atoms with Crippen LogP contribution in [0, 0.1) is 0 Å². The molecule has 1 aromatic rings. The molecule has 0 unspecified atom stereocenters. The summed E-state index contributed by atoms with van der Waals surface area (Å²) in [6.07, 6.45) is 6.68. The lowest BCUT2D eigenvalue weighted by molar-refractivity contribution is 0.0303. The molecule has 0 bridgehead atoms. The van der Waals surface area contributed by atoms with Crippen LogP contribution >= 0.6 is 0 Å². The minimum absolute atomic E-state index is 0.142. The number of carbonyl (C=O) groups is 1. The molecule has 1 saturated carbocycles. The van der Waals surface area contributed by atoms with Crippen molar-refractivity contribution in [2.45, 2.75) is 38.0 Å². The Hall–Kier alpha value is -1.35. The van der Waals surface area contributed by atoms with Crippen LogP contribution < -0.4 is 0 Å². The molecule has 20 heavy (non-hydrogen) atoms. The van der Waals surface area contributed by atoms with Crippen LogP contribution in [-0.4, -0.2) is 37.1 Å². The average Bonchev–Trinajstić information content (AvgIpc) is 2.56. The zero-order valence-electron chi connectivity index (χ0n) is 12.0. The summed E-state index contributed by atoms with van der Waals surface area (Å²) in [5, 5.41) is 0. The fourth-order valence-corrected chi connectivity index (χ4v) is 3.28. The van der Waals surface area contributed by atoms with E-state index in [1.54, 1.807) is 0 Å². The Morgan fingerprint density at radius 3 is 2.30 bits per heavy atom. The highest BCUT2D eigenvalue weighted by Gasteiger charge is 2.19. The second-order valence-electron chi connectivity index (χ2n) is 5.86. The van der Waals surface area contributed by atoms with Gasteiger partial charge in [-0.05, 0) is 36.5 Å². The van der Waals surface area contributed by atoms with E-state index in [1.165, 1.54) is 37.7 Å². The quantitative estimate of drug-likeness (QED) is 0.828. The van der Waals surface area contributed by atoms with E-state index in [-0.39, 0.29) is 5.91 Å². The number of morpholine rings is 1. The second-order valence-corrected chi connectivity index (χ2v) is 5.86. The summed E-state index contributed by atoms with van der Waals surface area (Å²) < 4.78 is 5.29. The first-order valence-electron chi connectivity index (χ1n) is 7.81. The van der Waals surface area contributed by atoms with Crippen LogP contribution in [0.25, 0.3) is 0 Å². The fourth-order valence-electron chi connectivity index (χ4n) is 3.28. The molecule has 1 aromatic carbocycles. The number of benzene rings is 1. The van der Waals surface area contributed by atoms with Crippen molar-refractivity contribution in [3.05, 3.63) is 35.4 Å². The van der Waals surface area contributed by atoms with Crippen molar-refractivity contribution in [3.8, 4) is 0 Å². The van der Waals surface area contributed by atoms with Crippen LogP contribution in [-0.2, 0) is 4.74 Å². The van der Waals surface area contributed by atoms with Crippen molar-refractivity contribution in [1.29, 1.82) is 0 Å². The third kappa shape index (κ3) is 3.04. The van der Waals surface area contributed by atoms with Gasteiger partial charge in [-0.2, -0.15) is 0 Å². The van der Waals surface area contributed by atoms with E-state index in [2.05, 4.69) is 12.1 Å². The van der Waals surface area contributed by atoms with Crippen LogP contribution in [0.1, 0.15) is 53.9 Å². The number of nitrogens with zero attached hydrogens (tertiary/aromatic N) is 1. The molecule has 2 fully saturated rings. The molecule has 1 aliphatic carbocycles. The molecule has 0 atom stereocenters. The Morgan fingerprint density at radius 1 is 1.00 bits per heavy atom. The topological polar surface area (TPSA) is 29.5 Å². The summed E-state index contributed by atoms with van der Waals surface area (Å²) in [6, 6.07) is 8.32. The van der Waals surface area contributed by atoms with Gasteiger partial charge in [-0.3, -0.25) is 4.79 Å². The third-order valence-electron chi connectivity index (χ3n) is 4.53. The van der Waals surface area contributed by atoms with Gasteiger partial charge < -0.3 is 9.64 Å². The summed E-state index contributed by atoms with van der Waals surface area (Å²) in [5.41, 5.74) is 2.22. The molecule has 1 saturated heterocycles. The highest BCUT2D eigenvalue weighted by atomic mass is 16.5. The number of ether oxygens (including phenoxy) is 1. The first-order chi connectivity index (χ1) is 9.84. The number of rotatable bonds is 2. The van der Waals surface area contributed by atoms with E-state index in [4.69, 9.17) is 4.74 Å². The Bertz CT molecular complexity index is 443.